The highest BCUT2D eigenvalue weighted by atomic mass is 35.5. The van der Waals surface area contributed by atoms with Gasteiger partial charge in [-0.2, -0.15) is 0 Å². The normalized spacial score (nSPS) is 11.4. The Kier molecular flexibility index (Phi) is 5.26. The molecule has 2 aromatic rings. The molecule has 0 N–H and O–H groups in total. The molecule has 0 amide bonds. The molecule has 0 aliphatic carbocycles. The molecule has 5 heteroatoms. The van der Waals surface area contributed by atoms with Crippen LogP contribution in [0.1, 0.15) is 19.7 Å². The molecule has 0 unspecified atom stereocenters. The number of methoxy groups -OCH3 is 1. The molecule has 0 aliphatic rings. The summed E-state index contributed by atoms with van der Waals surface area (Å²) in [6.45, 7) is 5.45. The molecular formula is C15H21ClN2O2. The van der Waals surface area contributed by atoms with E-state index in [1.807, 2.05) is 26.0 Å². The zero-order valence-electron chi connectivity index (χ0n) is 12.2. The number of imidazole rings is 1. The Morgan fingerprint density at radius 3 is 2.80 bits per heavy atom. The number of para-hydroxylation sites is 1. The molecule has 0 spiro atoms. The average Bonchev–Trinajstić information content (AvgIpc) is 2.75. The van der Waals surface area contributed by atoms with Gasteiger partial charge in [-0.25, -0.2) is 4.98 Å². The van der Waals surface area contributed by atoms with Crippen LogP contribution in [0.3, 0.4) is 0 Å². The van der Waals surface area contributed by atoms with Crippen LogP contribution < -0.4 is 4.74 Å². The molecule has 0 saturated carbocycles. The highest BCUT2D eigenvalue weighted by molar-refractivity contribution is 6.17. The number of ether oxygens (including phenoxy) is 2. The third-order valence-corrected chi connectivity index (χ3v) is 3.21. The molecule has 1 heterocycles. The quantitative estimate of drug-likeness (QED) is 0.736. The second-order valence-corrected chi connectivity index (χ2v) is 5.28. The minimum atomic E-state index is 0.126. The average molecular weight is 297 g/mol. The fraction of sp³-hybridized carbons (Fsp3) is 0.533. The van der Waals surface area contributed by atoms with Crippen LogP contribution in [0.15, 0.2) is 18.2 Å². The van der Waals surface area contributed by atoms with Gasteiger partial charge in [-0.1, -0.05) is 6.07 Å². The molecule has 0 aliphatic heterocycles. The number of alkyl halides is 1. The minimum Gasteiger partial charge on any atom is -0.489 e. The van der Waals surface area contributed by atoms with E-state index in [1.54, 1.807) is 7.11 Å². The lowest BCUT2D eigenvalue weighted by Crippen LogP contribution is -2.09. The highest BCUT2D eigenvalue weighted by Crippen LogP contribution is 2.27. The van der Waals surface area contributed by atoms with Crippen LogP contribution in [0.4, 0.5) is 0 Å². The third-order valence-electron chi connectivity index (χ3n) is 3.02. The third kappa shape index (κ3) is 3.25. The number of halogens is 1. The largest absolute Gasteiger partial charge is 0.489 e. The smallest absolute Gasteiger partial charge is 0.147 e. The molecular weight excluding hydrogens is 276 g/mol. The molecule has 0 fully saturated rings. The number of rotatable bonds is 7. The molecule has 110 valence electrons. The molecule has 0 saturated heterocycles. The lowest BCUT2D eigenvalue weighted by molar-refractivity contribution is 0.187. The van der Waals surface area contributed by atoms with E-state index in [1.165, 1.54) is 0 Å². The predicted molar refractivity (Wildman–Crippen MR) is 81.8 cm³/mol. The maximum absolute atomic E-state index is 5.88. The Morgan fingerprint density at radius 1 is 1.35 bits per heavy atom. The van der Waals surface area contributed by atoms with Crippen LogP contribution in [0.25, 0.3) is 11.0 Å². The van der Waals surface area contributed by atoms with Crippen molar-refractivity contribution in [3.8, 4) is 5.75 Å². The van der Waals surface area contributed by atoms with Crippen LogP contribution in [-0.4, -0.2) is 35.3 Å². The van der Waals surface area contributed by atoms with Crippen molar-refractivity contribution in [1.29, 1.82) is 0 Å². The molecule has 2 rings (SSSR count). The summed E-state index contributed by atoms with van der Waals surface area (Å²) in [6.07, 6.45) is 0.863. The van der Waals surface area contributed by atoms with Crippen molar-refractivity contribution >= 4 is 22.6 Å². The number of fused-ring (bicyclic) bond motifs is 1. The molecule has 0 bridgehead atoms. The Morgan fingerprint density at radius 2 is 2.15 bits per heavy atom. The molecule has 1 aromatic carbocycles. The molecule has 1 aromatic heterocycles. The molecule has 0 atom stereocenters. The maximum Gasteiger partial charge on any atom is 0.147 e. The van der Waals surface area contributed by atoms with Gasteiger partial charge in [0, 0.05) is 26.0 Å². The van der Waals surface area contributed by atoms with E-state index in [2.05, 4.69) is 10.6 Å². The summed E-state index contributed by atoms with van der Waals surface area (Å²) in [5, 5.41) is 0. The van der Waals surface area contributed by atoms with Crippen LogP contribution in [0, 0.1) is 0 Å². The van der Waals surface area contributed by atoms with Crippen molar-refractivity contribution in [3.05, 3.63) is 24.0 Å². The van der Waals surface area contributed by atoms with Crippen molar-refractivity contribution in [3.63, 3.8) is 0 Å². The van der Waals surface area contributed by atoms with E-state index in [4.69, 9.17) is 26.1 Å². The van der Waals surface area contributed by atoms with Gasteiger partial charge in [0.1, 0.15) is 17.1 Å². The van der Waals surface area contributed by atoms with E-state index in [9.17, 15) is 0 Å². The first kappa shape index (κ1) is 15.1. The fourth-order valence-corrected chi connectivity index (χ4v) is 2.39. The first-order chi connectivity index (χ1) is 9.67. The second-order valence-electron chi connectivity index (χ2n) is 4.90. The zero-order chi connectivity index (χ0) is 14.5. The van der Waals surface area contributed by atoms with Crippen molar-refractivity contribution in [2.75, 3.05) is 19.6 Å². The summed E-state index contributed by atoms with van der Waals surface area (Å²) >= 11 is 5.88. The summed E-state index contributed by atoms with van der Waals surface area (Å²) < 4.78 is 13.2. The van der Waals surface area contributed by atoms with E-state index in [0.717, 1.165) is 35.6 Å². The van der Waals surface area contributed by atoms with Gasteiger partial charge in [-0.15, -0.1) is 11.6 Å². The Hall–Kier alpha value is -1.26. The number of hydrogen-bond acceptors (Lipinski definition) is 3. The minimum absolute atomic E-state index is 0.126. The number of hydrogen-bond donors (Lipinski definition) is 0. The van der Waals surface area contributed by atoms with E-state index in [0.29, 0.717) is 12.5 Å². The van der Waals surface area contributed by atoms with Crippen molar-refractivity contribution < 1.29 is 9.47 Å². The SMILES string of the molecule is COCCn1c(CCCl)nc2c(OC(C)C)cccc21. The van der Waals surface area contributed by atoms with Crippen LogP contribution >= 0.6 is 11.6 Å². The predicted octanol–water partition coefficient (Wildman–Crippen LogP) is 3.25. The van der Waals surface area contributed by atoms with Crippen molar-refractivity contribution in [2.45, 2.75) is 32.9 Å². The standard InChI is InChI=1S/C15H21ClN2O2/c1-11(2)20-13-6-4-5-12-15(13)17-14(7-8-16)18(12)9-10-19-3/h4-6,11H,7-10H2,1-3H3. The first-order valence-corrected chi connectivity index (χ1v) is 7.40. The van der Waals surface area contributed by atoms with E-state index < -0.39 is 0 Å². The number of benzene rings is 1. The van der Waals surface area contributed by atoms with Gasteiger partial charge in [0.25, 0.3) is 0 Å². The van der Waals surface area contributed by atoms with Gasteiger partial charge in [0.15, 0.2) is 0 Å². The Bertz CT molecular complexity index is 566. The Labute approximate surface area is 124 Å². The molecule has 4 nitrogen and oxygen atoms in total. The van der Waals surface area contributed by atoms with E-state index >= 15 is 0 Å². The van der Waals surface area contributed by atoms with Gasteiger partial charge < -0.3 is 14.0 Å². The summed E-state index contributed by atoms with van der Waals surface area (Å²) in [4.78, 5) is 4.71. The lowest BCUT2D eigenvalue weighted by atomic mass is 10.3. The van der Waals surface area contributed by atoms with E-state index in [-0.39, 0.29) is 6.10 Å². The lowest BCUT2D eigenvalue weighted by Gasteiger charge is -2.10. The summed E-state index contributed by atoms with van der Waals surface area (Å²) in [5.41, 5.74) is 1.97. The van der Waals surface area contributed by atoms with Gasteiger partial charge in [0.2, 0.25) is 0 Å². The highest BCUT2D eigenvalue weighted by Gasteiger charge is 2.14. The Balaban J connectivity index is 2.48. The topological polar surface area (TPSA) is 36.3 Å². The van der Waals surface area contributed by atoms with Crippen LogP contribution in [-0.2, 0) is 17.7 Å². The van der Waals surface area contributed by atoms with Crippen LogP contribution in [0.5, 0.6) is 5.75 Å². The van der Waals surface area contributed by atoms with Crippen molar-refractivity contribution in [2.24, 2.45) is 0 Å². The number of aryl methyl sites for hydroxylation is 1. The molecule has 0 radical (unpaired) electrons. The van der Waals surface area contributed by atoms with Gasteiger partial charge in [0.05, 0.1) is 18.2 Å². The zero-order valence-corrected chi connectivity index (χ0v) is 13.0. The second kappa shape index (κ2) is 6.95. The summed E-state index contributed by atoms with van der Waals surface area (Å²) in [5.74, 6) is 2.35. The summed E-state index contributed by atoms with van der Waals surface area (Å²) in [6, 6.07) is 6.01. The van der Waals surface area contributed by atoms with Gasteiger partial charge in [-0.3, -0.25) is 0 Å². The van der Waals surface area contributed by atoms with Gasteiger partial charge >= 0.3 is 0 Å². The fourth-order valence-electron chi connectivity index (χ4n) is 2.23. The number of aromatic nitrogens is 2. The first-order valence-electron chi connectivity index (χ1n) is 6.87. The summed E-state index contributed by atoms with van der Waals surface area (Å²) in [7, 11) is 1.70. The molecule has 20 heavy (non-hydrogen) atoms. The van der Waals surface area contributed by atoms with Crippen LogP contribution in [0.2, 0.25) is 0 Å². The monoisotopic (exact) mass is 296 g/mol. The number of nitrogens with zero attached hydrogens (tertiary/aromatic N) is 2. The van der Waals surface area contributed by atoms with Crippen molar-refractivity contribution in [1.82, 2.24) is 9.55 Å². The maximum atomic E-state index is 5.88. The van der Waals surface area contributed by atoms with Gasteiger partial charge in [-0.05, 0) is 26.0 Å².